The first-order chi connectivity index (χ1) is 10.8. The summed E-state index contributed by atoms with van der Waals surface area (Å²) in [6, 6.07) is 19.6. The molecule has 0 bridgehead atoms. The number of rotatable bonds is 4. The highest BCUT2D eigenvalue weighted by Gasteiger charge is 2.23. The SMILES string of the molecule is CN1CCN(Cc2ccc(-c3ccccc3)cc2)C[C@@H]1CO. The summed E-state index contributed by atoms with van der Waals surface area (Å²) >= 11 is 0. The maximum atomic E-state index is 9.44. The van der Waals surface area contributed by atoms with Crippen LogP contribution in [-0.2, 0) is 6.54 Å². The van der Waals surface area contributed by atoms with Crippen LogP contribution in [0.25, 0.3) is 11.1 Å². The van der Waals surface area contributed by atoms with E-state index in [4.69, 9.17) is 0 Å². The molecule has 0 unspecified atom stereocenters. The molecule has 3 nitrogen and oxygen atoms in total. The maximum Gasteiger partial charge on any atom is 0.0599 e. The minimum atomic E-state index is 0.236. The Kier molecular flexibility index (Phi) is 4.88. The average molecular weight is 296 g/mol. The Morgan fingerprint density at radius 3 is 2.32 bits per heavy atom. The zero-order chi connectivity index (χ0) is 15.4. The number of aliphatic hydroxyl groups excluding tert-OH is 1. The van der Waals surface area contributed by atoms with Crippen molar-refractivity contribution in [3.8, 4) is 11.1 Å². The third-order valence-electron chi connectivity index (χ3n) is 4.54. The summed E-state index contributed by atoms with van der Waals surface area (Å²) in [5.41, 5.74) is 3.85. The van der Waals surface area contributed by atoms with E-state index in [9.17, 15) is 5.11 Å². The van der Waals surface area contributed by atoms with Gasteiger partial charge in [-0.2, -0.15) is 0 Å². The Morgan fingerprint density at radius 2 is 1.64 bits per heavy atom. The lowest BCUT2D eigenvalue weighted by molar-refractivity contribution is 0.0540. The predicted molar refractivity (Wildman–Crippen MR) is 90.7 cm³/mol. The molecule has 116 valence electrons. The van der Waals surface area contributed by atoms with E-state index in [-0.39, 0.29) is 12.6 Å². The highest BCUT2D eigenvalue weighted by molar-refractivity contribution is 5.63. The monoisotopic (exact) mass is 296 g/mol. The standard InChI is InChI=1S/C19H24N2O/c1-20-11-12-21(14-19(20)15-22)13-16-7-9-18(10-8-16)17-5-3-2-4-6-17/h2-10,19,22H,11-15H2,1H3/t19-/m1/s1. The van der Waals surface area contributed by atoms with E-state index in [1.165, 1.54) is 16.7 Å². The Hall–Kier alpha value is -1.68. The molecule has 2 aromatic carbocycles. The van der Waals surface area contributed by atoms with Crippen LogP contribution in [0.1, 0.15) is 5.56 Å². The van der Waals surface area contributed by atoms with E-state index < -0.39 is 0 Å². The number of benzene rings is 2. The Morgan fingerprint density at radius 1 is 0.955 bits per heavy atom. The molecule has 22 heavy (non-hydrogen) atoms. The van der Waals surface area contributed by atoms with Gasteiger partial charge in [0, 0.05) is 32.2 Å². The first-order valence-corrected chi connectivity index (χ1v) is 7.94. The summed E-state index contributed by atoms with van der Waals surface area (Å²) in [4.78, 5) is 4.67. The van der Waals surface area contributed by atoms with Gasteiger partial charge in [0.1, 0.15) is 0 Å². The third kappa shape index (κ3) is 3.55. The molecule has 0 aliphatic carbocycles. The van der Waals surface area contributed by atoms with Crippen LogP contribution in [-0.4, -0.2) is 54.2 Å². The van der Waals surface area contributed by atoms with Crippen molar-refractivity contribution in [2.24, 2.45) is 0 Å². The van der Waals surface area contributed by atoms with Gasteiger partial charge in [0.05, 0.1) is 6.61 Å². The first-order valence-electron chi connectivity index (χ1n) is 7.94. The van der Waals surface area contributed by atoms with Crippen molar-refractivity contribution >= 4 is 0 Å². The molecule has 1 N–H and O–H groups in total. The van der Waals surface area contributed by atoms with E-state index in [0.29, 0.717) is 0 Å². The van der Waals surface area contributed by atoms with Gasteiger partial charge in [-0.05, 0) is 23.7 Å². The van der Waals surface area contributed by atoms with E-state index in [2.05, 4.69) is 65.4 Å². The van der Waals surface area contributed by atoms with Gasteiger partial charge in [0.2, 0.25) is 0 Å². The number of aliphatic hydroxyl groups is 1. The van der Waals surface area contributed by atoms with Gasteiger partial charge in [-0.25, -0.2) is 0 Å². The molecule has 1 fully saturated rings. The maximum absolute atomic E-state index is 9.44. The zero-order valence-corrected chi connectivity index (χ0v) is 13.2. The van der Waals surface area contributed by atoms with Gasteiger partial charge in [0.15, 0.2) is 0 Å². The summed E-state index contributed by atoms with van der Waals surface area (Å²) < 4.78 is 0. The van der Waals surface area contributed by atoms with E-state index in [1.54, 1.807) is 0 Å². The summed E-state index contributed by atoms with van der Waals surface area (Å²) in [6.45, 7) is 4.22. The lowest BCUT2D eigenvalue weighted by atomic mass is 10.0. The van der Waals surface area contributed by atoms with Gasteiger partial charge in [-0.3, -0.25) is 9.80 Å². The van der Waals surface area contributed by atoms with Gasteiger partial charge in [-0.15, -0.1) is 0 Å². The average Bonchev–Trinajstić information content (AvgIpc) is 2.58. The summed E-state index contributed by atoms with van der Waals surface area (Å²) in [5, 5.41) is 9.44. The number of hydrogen-bond acceptors (Lipinski definition) is 3. The molecular weight excluding hydrogens is 272 g/mol. The van der Waals surface area contributed by atoms with Crippen molar-refractivity contribution in [1.29, 1.82) is 0 Å². The Labute approximate surface area is 132 Å². The molecule has 0 saturated carbocycles. The van der Waals surface area contributed by atoms with Crippen LogP contribution in [0.3, 0.4) is 0 Å². The molecule has 0 spiro atoms. The third-order valence-corrected chi connectivity index (χ3v) is 4.54. The lowest BCUT2D eigenvalue weighted by Crippen LogP contribution is -2.52. The van der Waals surface area contributed by atoms with Gasteiger partial charge >= 0.3 is 0 Å². The second kappa shape index (κ2) is 7.05. The smallest absolute Gasteiger partial charge is 0.0599 e. The number of piperazine rings is 1. The van der Waals surface area contributed by atoms with Gasteiger partial charge < -0.3 is 5.11 Å². The summed E-state index contributed by atoms with van der Waals surface area (Å²) in [5.74, 6) is 0. The fraction of sp³-hybridized carbons (Fsp3) is 0.368. The first kappa shape index (κ1) is 15.2. The highest BCUT2D eigenvalue weighted by Crippen LogP contribution is 2.20. The minimum absolute atomic E-state index is 0.236. The molecule has 0 radical (unpaired) electrons. The second-order valence-electron chi connectivity index (χ2n) is 6.12. The normalized spacial score (nSPS) is 20.2. The number of hydrogen-bond donors (Lipinski definition) is 1. The van der Waals surface area contributed by atoms with Crippen LogP contribution < -0.4 is 0 Å². The summed E-state index contributed by atoms with van der Waals surface area (Å²) in [6.07, 6.45) is 0. The second-order valence-corrected chi connectivity index (χ2v) is 6.12. The molecule has 0 amide bonds. The van der Waals surface area contributed by atoms with Crippen LogP contribution in [0.2, 0.25) is 0 Å². The summed E-state index contributed by atoms with van der Waals surface area (Å²) in [7, 11) is 2.09. The molecule has 1 heterocycles. The van der Waals surface area contributed by atoms with Crippen molar-refractivity contribution < 1.29 is 5.11 Å². The Balaban J connectivity index is 1.64. The van der Waals surface area contributed by atoms with Crippen LogP contribution >= 0.6 is 0 Å². The number of likely N-dealkylation sites (N-methyl/N-ethyl adjacent to an activating group) is 1. The van der Waals surface area contributed by atoms with Crippen LogP contribution in [0, 0.1) is 0 Å². The van der Waals surface area contributed by atoms with E-state index in [1.807, 2.05) is 6.07 Å². The highest BCUT2D eigenvalue weighted by atomic mass is 16.3. The lowest BCUT2D eigenvalue weighted by Gasteiger charge is -2.38. The Bertz CT molecular complexity index is 582. The van der Waals surface area contributed by atoms with Crippen molar-refractivity contribution in [1.82, 2.24) is 9.80 Å². The predicted octanol–water partition coefficient (Wildman–Crippen LogP) is 2.46. The fourth-order valence-corrected chi connectivity index (χ4v) is 3.04. The van der Waals surface area contributed by atoms with Gasteiger partial charge in [-0.1, -0.05) is 54.6 Å². The molecule has 0 aromatic heterocycles. The van der Waals surface area contributed by atoms with Crippen molar-refractivity contribution in [2.45, 2.75) is 12.6 Å². The van der Waals surface area contributed by atoms with Crippen LogP contribution in [0.5, 0.6) is 0 Å². The minimum Gasteiger partial charge on any atom is -0.395 e. The molecule has 2 aromatic rings. The topological polar surface area (TPSA) is 26.7 Å². The van der Waals surface area contributed by atoms with E-state index >= 15 is 0 Å². The molecule has 1 aliphatic heterocycles. The van der Waals surface area contributed by atoms with Gasteiger partial charge in [0.25, 0.3) is 0 Å². The molecule has 1 aliphatic rings. The zero-order valence-electron chi connectivity index (χ0n) is 13.2. The largest absolute Gasteiger partial charge is 0.395 e. The molecule has 3 rings (SSSR count). The molecular formula is C19H24N2O. The quantitative estimate of drug-likeness (QED) is 0.939. The van der Waals surface area contributed by atoms with Crippen molar-refractivity contribution in [3.05, 3.63) is 60.2 Å². The number of nitrogens with zero attached hydrogens (tertiary/aromatic N) is 2. The molecule has 3 heteroatoms. The van der Waals surface area contributed by atoms with Crippen LogP contribution in [0.4, 0.5) is 0 Å². The van der Waals surface area contributed by atoms with E-state index in [0.717, 1.165) is 26.2 Å². The van der Waals surface area contributed by atoms with Crippen molar-refractivity contribution in [3.63, 3.8) is 0 Å². The van der Waals surface area contributed by atoms with Crippen molar-refractivity contribution in [2.75, 3.05) is 33.3 Å². The fourth-order valence-electron chi connectivity index (χ4n) is 3.04. The van der Waals surface area contributed by atoms with Crippen LogP contribution in [0.15, 0.2) is 54.6 Å². The molecule has 1 saturated heterocycles. The molecule has 1 atom stereocenters.